The van der Waals surface area contributed by atoms with Crippen LogP contribution in [0.2, 0.25) is 0 Å². The number of esters is 1. The van der Waals surface area contributed by atoms with Gasteiger partial charge >= 0.3 is 11.9 Å². The summed E-state index contributed by atoms with van der Waals surface area (Å²) in [6, 6.07) is 2.35. The lowest BCUT2D eigenvalue weighted by molar-refractivity contribution is -0.139. The smallest absolute Gasteiger partial charge is 0.341 e. The predicted octanol–water partition coefficient (Wildman–Crippen LogP) is 1.26. The minimum Gasteiger partial charge on any atom is -0.496 e. The Morgan fingerprint density at radius 3 is 2.33 bits per heavy atom. The molecule has 1 rings (SSSR count). The molecule has 0 aliphatic rings. The second-order valence-electron chi connectivity index (χ2n) is 5.50. The molecular weight excluding hydrogens is 338 g/mol. The van der Waals surface area contributed by atoms with E-state index < -0.39 is 28.0 Å². The van der Waals surface area contributed by atoms with Crippen LogP contribution in [0.3, 0.4) is 0 Å². The highest BCUT2D eigenvalue weighted by atomic mass is 32.2. The highest BCUT2D eigenvalue weighted by molar-refractivity contribution is 7.89. The molecular formula is C15H21NO7S. The Morgan fingerprint density at radius 2 is 1.88 bits per heavy atom. The third kappa shape index (κ3) is 4.93. The fraction of sp³-hybridized carbons (Fsp3) is 0.467. The average Bonchev–Trinajstić information content (AvgIpc) is 2.52. The first kappa shape index (κ1) is 19.9. The van der Waals surface area contributed by atoms with Gasteiger partial charge in [0, 0.05) is 0 Å². The number of benzene rings is 1. The number of rotatable bonds is 8. The Hall–Kier alpha value is -2.13. The average molecular weight is 359 g/mol. The standard InChI is InChI=1S/C15H21NO7S/c1-9(2)7-12(14(17)18)16-24(20,21)10-5-6-13(22-3)11(8-10)15(19)23-4/h5-6,8-9,12,16H,7H2,1-4H3,(H,17,18)/t12-/m0/s1. The van der Waals surface area contributed by atoms with E-state index in [0.29, 0.717) is 0 Å². The van der Waals surface area contributed by atoms with Crippen molar-refractivity contribution in [2.45, 2.75) is 31.2 Å². The van der Waals surface area contributed by atoms with Crippen molar-refractivity contribution in [3.05, 3.63) is 23.8 Å². The number of hydrogen-bond donors (Lipinski definition) is 2. The molecule has 0 radical (unpaired) electrons. The fourth-order valence-electron chi connectivity index (χ4n) is 2.05. The second kappa shape index (κ2) is 8.11. The van der Waals surface area contributed by atoms with Gasteiger partial charge in [0.15, 0.2) is 0 Å². The number of carbonyl (C=O) groups is 2. The molecule has 1 atom stereocenters. The summed E-state index contributed by atoms with van der Waals surface area (Å²) >= 11 is 0. The van der Waals surface area contributed by atoms with Crippen LogP contribution in [0, 0.1) is 5.92 Å². The van der Waals surface area contributed by atoms with Gasteiger partial charge in [-0.15, -0.1) is 0 Å². The van der Waals surface area contributed by atoms with Crippen molar-refractivity contribution in [1.29, 1.82) is 0 Å². The van der Waals surface area contributed by atoms with Gasteiger partial charge in [-0.2, -0.15) is 4.72 Å². The molecule has 9 heteroatoms. The molecule has 0 aromatic heterocycles. The zero-order valence-corrected chi connectivity index (χ0v) is 14.7. The lowest BCUT2D eigenvalue weighted by Gasteiger charge is -2.17. The maximum absolute atomic E-state index is 12.4. The van der Waals surface area contributed by atoms with Gasteiger partial charge in [0.1, 0.15) is 17.4 Å². The minimum absolute atomic E-state index is 0.0182. The second-order valence-corrected chi connectivity index (χ2v) is 7.21. The monoisotopic (exact) mass is 359 g/mol. The Morgan fingerprint density at radius 1 is 1.25 bits per heavy atom. The Balaban J connectivity index is 3.22. The number of carboxylic acid groups (broad SMARTS) is 1. The molecule has 24 heavy (non-hydrogen) atoms. The summed E-state index contributed by atoms with van der Waals surface area (Å²) in [4.78, 5) is 22.7. The van der Waals surface area contributed by atoms with Crippen LogP contribution in [0.15, 0.2) is 23.1 Å². The molecule has 0 heterocycles. The van der Waals surface area contributed by atoms with Gasteiger partial charge in [0.25, 0.3) is 0 Å². The number of carbonyl (C=O) groups excluding carboxylic acids is 1. The van der Waals surface area contributed by atoms with E-state index in [2.05, 4.69) is 9.46 Å². The van der Waals surface area contributed by atoms with Crippen LogP contribution in [-0.2, 0) is 19.6 Å². The summed E-state index contributed by atoms with van der Waals surface area (Å²) in [6.07, 6.45) is 0.134. The first-order valence-corrected chi connectivity index (χ1v) is 8.62. The van der Waals surface area contributed by atoms with Gasteiger partial charge in [0.05, 0.1) is 19.1 Å². The van der Waals surface area contributed by atoms with Crippen LogP contribution in [0.5, 0.6) is 5.75 Å². The largest absolute Gasteiger partial charge is 0.496 e. The third-order valence-electron chi connectivity index (χ3n) is 3.19. The van der Waals surface area contributed by atoms with Crippen molar-refractivity contribution in [2.75, 3.05) is 14.2 Å². The molecule has 0 aliphatic heterocycles. The van der Waals surface area contributed by atoms with Crippen LogP contribution in [0.25, 0.3) is 0 Å². The molecule has 134 valence electrons. The molecule has 1 aromatic carbocycles. The zero-order valence-electron chi connectivity index (χ0n) is 13.9. The van der Waals surface area contributed by atoms with Gasteiger partial charge < -0.3 is 14.6 Å². The number of ether oxygens (including phenoxy) is 2. The maximum atomic E-state index is 12.4. The van der Waals surface area contributed by atoms with Crippen molar-refractivity contribution >= 4 is 22.0 Å². The molecule has 1 aromatic rings. The lowest BCUT2D eigenvalue weighted by Crippen LogP contribution is -2.41. The van der Waals surface area contributed by atoms with Crippen LogP contribution in [0.4, 0.5) is 0 Å². The molecule has 0 saturated carbocycles. The normalized spacial score (nSPS) is 12.7. The maximum Gasteiger partial charge on any atom is 0.341 e. The van der Waals surface area contributed by atoms with E-state index in [-0.39, 0.29) is 28.5 Å². The number of aliphatic carboxylic acids is 1. The highest BCUT2D eigenvalue weighted by Crippen LogP contribution is 2.23. The summed E-state index contributed by atoms with van der Waals surface area (Å²) in [6.45, 7) is 3.57. The molecule has 0 unspecified atom stereocenters. The van der Waals surface area contributed by atoms with Gasteiger partial charge in [-0.05, 0) is 30.5 Å². The van der Waals surface area contributed by atoms with Crippen molar-refractivity contribution < 1.29 is 32.6 Å². The Kier molecular flexibility index (Phi) is 6.73. The van der Waals surface area contributed by atoms with E-state index in [0.717, 1.165) is 13.2 Å². The minimum atomic E-state index is -4.13. The van der Waals surface area contributed by atoms with E-state index >= 15 is 0 Å². The molecule has 0 amide bonds. The van der Waals surface area contributed by atoms with E-state index in [1.165, 1.54) is 19.2 Å². The van der Waals surface area contributed by atoms with E-state index in [4.69, 9.17) is 4.74 Å². The van der Waals surface area contributed by atoms with Crippen molar-refractivity contribution in [2.24, 2.45) is 5.92 Å². The van der Waals surface area contributed by atoms with Crippen molar-refractivity contribution in [3.63, 3.8) is 0 Å². The first-order chi connectivity index (χ1) is 11.1. The quantitative estimate of drug-likeness (QED) is 0.671. The molecule has 8 nitrogen and oxygen atoms in total. The highest BCUT2D eigenvalue weighted by Gasteiger charge is 2.27. The SMILES string of the molecule is COC(=O)c1cc(S(=O)(=O)N[C@@H](CC(C)C)C(=O)O)ccc1OC. The summed E-state index contributed by atoms with van der Waals surface area (Å²) in [5.74, 6) is -1.90. The van der Waals surface area contributed by atoms with E-state index in [1.807, 2.05) is 0 Å². The molecule has 0 saturated heterocycles. The summed E-state index contributed by atoms with van der Waals surface area (Å²) in [7, 11) is -1.65. The van der Waals surface area contributed by atoms with Crippen LogP contribution in [0.1, 0.15) is 30.6 Å². The molecule has 0 bridgehead atoms. The molecule has 0 spiro atoms. The Bertz CT molecular complexity index is 713. The van der Waals surface area contributed by atoms with Crippen molar-refractivity contribution in [1.82, 2.24) is 4.72 Å². The van der Waals surface area contributed by atoms with Gasteiger partial charge in [-0.3, -0.25) is 4.79 Å². The van der Waals surface area contributed by atoms with Gasteiger partial charge in [-0.25, -0.2) is 13.2 Å². The number of methoxy groups -OCH3 is 2. The summed E-state index contributed by atoms with van der Waals surface area (Å²) < 4.78 is 36.6. The predicted molar refractivity (Wildman–Crippen MR) is 85.5 cm³/mol. The van der Waals surface area contributed by atoms with Gasteiger partial charge in [0.2, 0.25) is 10.0 Å². The number of sulfonamides is 1. The number of carboxylic acids is 1. The summed E-state index contributed by atoms with van der Waals surface area (Å²) in [5.41, 5.74) is -0.0707. The fourth-order valence-corrected chi connectivity index (χ4v) is 3.28. The molecule has 0 aliphatic carbocycles. The topological polar surface area (TPSA) is 119 Å². The lowest BCUT2D eigenvalue weighted by atomic mass is 10.1. The van der Waals surface area contributed by atoms with Crippen LogP contribution < -0.4 is 9.46 Å². The molecule has 2 N–H and O–H groups in total. The van der Waals surface area contributed by atoms with Crippen molar-refractivity contribution in [3.8, 4) is 5.75 Å². The zero-order chi connectivity index (χ0) is 18.5. The van der Waals surface area contributed by atoms with E-state index in [1.54, 1.807) is 13.8 Å². The van der Waals surface area contributed by atoms with Crippen LogP contribution >= 0.6 is 0 Å². The summed E-state index contributed by atoms with van der Waals surface area (Å²) in [5, 5.41) is 9.17. The Labute approximate surface area is 140 Å². The van der Waals surface area contributed by atoms with E-state index in [9.17, 15) is 23.1 Å². The molecule has 0 fully saturated rings. The first-order valence-electron chi connectivity index (χ1n) is 7.13. The number of nitrogens with one attached hydrogen (secondary N) is 1. The van der Waals surface area contributed by atoms with Crippen LogP contribution in [-0.4, -0.2) is 45.7 Å². The third-order valence-corrected chi connectivity index (χ3v) is 4.66. The number of hydrogen-bond acceptors (Lipinski definition) is 6. The van der Waals surface area contributed by atoms with Gasteiger partial charge in [-0.1, -0.05) is 13.8 Å².